The molecule has 0 radical (unpaired) electrons. The van der Waals surface area contributed by atoms with E-state index in [0.717, 1.165) is 12.1 Å². The first-order valence-corrected chi connectivity index (χ1v) is 9.39. The van der Waals surface area contributed by atoms with Crippen LogP contribution in [0.25, 0.3) is 10.8 Å². The van der Waals surface area contributed by atoms with E-state index in [2.05, 4.69) is 5.32 Å². The third-order valence-corrected chi connectivity index (χ3v) is 4.96. The van der Waals surface area contributed by atoms with Crippen LogP contribution in [0.15, 0.2) is 30.3 Å². The van der Waals surface area contributed by atoms with E-state index in [-0.39, 0.29) is 52.1 Å². The van der Waals surface area contributed by atoms with Crippen molar-refractivity contribution >= 4 is 59.6 Å². The van der Waals surface area contributed by atoms with Gasteiger partial charge in [-0.15, -0.1) is 0 Å². The van der Waals surface area contributed by atoms with Crippen molar-refractivity contribution in [3.8, 4) is 0 Å². The van der Waals surface area contributed by atoms with Crippen LogP contribution < -0.4 is 51.2 Å². The number of nitrogens with two attached hydrogens (primary N) is 1. The van der Waals surface area contributed by atoms with E-state index in [0.29, 0.717) is 11.1 Å². The molecule has 0 aliphatic heterocycles. The summed E-state index contributed by atoms with van der Waals surface area (Å²) in [5.74, 6) is 0. The third kappa shape index (κ3) is 4.84. The van der Waals surface area contributed by atoms with Gasteiger partial charge in [-0.05, 0) is 36.5 Å². The van der Waals surface area contributed by atoms with Crippen molar-refractivity contribution in [2.24, 2.45) is 5.73 Å². The first kappa shape index (κ1) is 20.7. The molecule has 12 heteroatoms. The number of hydrogen-bond donors (Lipinski definition) is 6. The number of hydrogen-bond acceptors (Lipinski definition) is 3. The van der Waals surface area contributed by atoms with Crippen LogP contribution in [0.1, 0.15) is 1.43 Å². The van der Waals surface area contributed by atoms with Crippen LogP contribution in [0.2, 0.25) is 0 Å². The van der Waals surface area contributed by atoms with Crippen LogP contribution in [-0.2, 0) is 9.13 Å². The van der Waals surface area contributed by atoms with Gasteiger partial charge in [-0.2, -0.15) is 0 Å². The Labute approximate surface area is 160 Å². The maximum Gasteiger partial charge on any atom is 1.00 e. The Morgan fingerprint density at radius 2 is 1.65 bits per heavy atom. The molecule has 0 saturated heterocycles. The van der Waals surface area contributed by atoms with Gasteiger partial charge in [-0.1, -0.05) is 6.07 Å². The fraction of sp³-hybridized carbons (Fsp3) is 0. The van der Waals surface area contributed by atoms with Gasteiger partial charge in [0.2, 0.25) is 0 Å². The van der Waals surface area contributed by atoms with Crippen LogP contribution in [0.4, 0.5) is 5.69 Å². The second kappa shape index (κ2) is 7.29. The third-order valence-electron chi connectivity index (χ3n) is 2.89. The predicted molar refractivity (Wildman–Crippen MR) is 88.8 cm³/mol. The zero-order valence-corrected chi connectivity index (χ0v) is 16.5. The maximum absolute atomic E-state index is 11.6. The van der Waals surface area contributed by atoms with E-state index in [1.807, 2.05) is 0 Å². The van der Waals surface area contributed by atoms with Crippen molar-refractivity contribution < 1.29 is 59.7 Å². The molecule has 2 aromatic carbocycles. The molecule has 0 aromatic heterocycles. The Balaban J connectivity index is 0.00000264. The average Bonchev–Trinajstić information content (AvgIpc) is 2.35. The number of nitrogens with one attached hydrogen (secondary N) is 1. The van der Waals surface area contributed by atoms with E-state index in [4.69, 9.17) is 18.0 Å². The van der Waals surface area contributed by atoms with Gasteiger partial charge in [0.1, 0.15) is 0 Å². The zero-order chi connectivity index (χ0) is 16.7. The molecule has 2 aromatic rings. The minimum absolute atomic E-state index is 0. The van der Waals surface area contributed by atoms with Gasteiger partial charge >= 0.3 is 44.7 Å². The molecular formula is C11H13N2NaO6P2S. The summed E-state index contributed by atoms with van der Waals surface area (Å²) in [4.78, 5) is 37.2. The molecule has 23 heavy (non-hydrogen) atoms. The quantitative estimate of drug-likeness (QED) is 0.187. The summed E-state index contributed by atoms with van der Waals surface area (Å²) in [5.41, 5.74) is 5.75. The molecule has 7 N–H and O–H groups in total. The molecule has 0 atom stereocenters. The molecule has 0 unspecified atom stereocenters. The van der Waals surface area contributed by atoms with E-state index in [1.165, 1.54) is 18.2 Å². The smallest absolute Gasteiger partial charge is 1.00 e. The first-order valence-electron chi connectivity index (χ1n) is 5.75. The molecule has 0 aliphatic carbocycles. The maximum atomic E-state index is 11.6. The summed E-state index contributed by atoms with van der Waals surface area (Å²) >= 11 is 4.72. The molecule has 120 valence electrons. The molecule has 8 nitrogen and oxygen atoms in total. The molecule has 0 amide bonds. The van der Waals surface area contributed by atoms with Crippen LogP contribution in [0.3, 0.4) is 0 Å². The summed E-state index contributed by atoms with van der Waals surface area (Å²) < 4.78 is 22.9. The van der Waals surface area contributed by atoms with Crippen molar-refractivity contribution in [1.82, 2.24) is 0 Å². The molecule has 0 bridgehead atoms. The standard InChI is InChI=1S/C11H12N2O6P2S.Na.H/c12-11(22)13-9-3-4-10(21(17,18)19)8-5-6(20(14,15)16)1-2-7(8)9;;/h1-5H,(H3,12,13,22)(H2,14,15,16)(H2,17,18,19);;/q;+1;-1. The second-order valence-corrected chi connectivity index (χ2v) is 8.05. The number of benzene rings is 2. The SMILES string of the molecule is NC(=S)Nc1ccc(P(=O)(O)O)c2cc(P(=O)(O)O)ccc12.[H-].[Na+]. The largest absolute Gasteiger partial charge is 1.00 e. The number of thiocarbonyl (C=S) groups is 1. The van der Waals surface area contributed by atoms with Gasteiger partial charge in [-0.25, -0.2) is 0 Å². The molecule has 0 saturated carbocycles. The van der Waals surface area contributed by atoms with E-state index >= 15 is 0 Å². The molecular weight excluding hydrogens is 373 g/mol. The zero-order valence-electron chi connectivity index (χ0n) is 12.9. The van der Waals surface area contributed by atoms with Gasteiger partial charge in [0.15, 0.2) is 5.11 Å². The van der Waals surface area contributed by atoms with E-state index in [1.54, 1.807) is 0 Å². The number of anilines is 1. The van der Waals surface area contributed by atoms with Crippen molar-refractivity contribution in [1.29, 1.82) is 0 Å². The summed E-state index contributed by atoms with van der Waals surface area (Å²) in [6.07, 6.45) is 0. The summed E-state index contributed by atoms with van der Waals surface area (Å²) in [5, 5.41) is 2.24. The molecule has 0 spiro atoms. The van der Waals surface area contributed by atoms with Crippen LogP contribution in [-0.4, -0.2) is 24.7 Å². The number of rotatable bonds is 3. The molecule has 0 heterocycles. The van der Waals surface area contributed by atoms with Crippen molar-refractivity contribution in [2.75, 3.05) is 5.32 Å². The monoisotopic (exact) mass is 386 g/mol. The topological polar surface area (TPSA) is 153 Å². The Bertz CT molecular complexity index is 871. The fourth-order valence-electron chi connectivity index (χ4n) is 2.00. The molecule has 0 fully saturated rings. The predicted octanol–water partition coefficient (Wildman–Crippen LogP) is -2.78. The Morgan fingerprint density at radius 3 is 2.13 bits per heavy atom. The summed E-state index contributed by atoms with van der Waals surface area (Å²) in [6.45, 7) is 0. The van der Waals surface area contributed by atoms with Gasteiger partial charge in [-0.3, -0.25) is 9.13 Å². The minimum Gasteiger partial charge on any atom is -1.00 e. The van der Waals surface area contributed by atoms with Gasteiger partial charge in [0.05, 0.1) is 10.6 Å². The van der Waals surface area contributed by atoms with Crippen molar-refractivity contribution in [3.05, 3.63) is 30.3 Å². The average molecular weight is 386 g/mol. The van der Waals surface area contributed by atoms with Gasteiger partial charge in [0.25, 0.3) is 0 Å². The first-order chi connectivity index (χ1) is 10.00. The van der Waals surface area contributed by atoms with Gasteiger partial charge in [0, 0.05) is 16.5 Å². The van der Waals surface area contributed by atoms with Crippen LogP contribution in [0.5, 0.6) is 0 Å². The summed E-state index contributed by atoms with van der Waals surface area (Å²) in [6, 6.07) is 6.11. The Hall–Kier alpha value is -0.310. The Morgan fingerprint density at radius 1 is 1.04 bits per heavy atom. The molecule has 2 rings (SSSR count). The van der Waals surface area contributed by atoms with Gasteiger partial charge < -0.3 is 32.1 Å². The van der Waals surface area contributed by atoms with Crippen molar-refractivity contribution in [2.45, 2.75) is 0 Å². The Kier molecular flexibility index (Phi) is 6.57. The normalized spacial score (nSPS) is 11.8. The molecule has 0 aliphatic rings. The minimum atomic E-state index is -4.63. The van der Waals surface area contributed by atoms with Crippen LogP contribution >= 0.6 is 27.4 Å². The fourth-order valence-corrected chi connectivity index (χ4v) is 3.44. The number of fused-ring (bicyclic) bond motifs is 1. The van der Waals surface area contributed by atoms with E-state index < -0.39 is 15.2 Å². The summed E-state index contributed by atoms with van der Waals surface area (Å²) in [7, 11) is -9.20. The second-order valence-electron chi connectivity index (χ2n) is 4.44. The van der Waals surface area contributed by atoms with Crippen LogP contribution in [0, 0.1) is 0 Å². The van der Waals surface area contributed by atoms with E-state index in [9.17, 15) is 28.7 Å². The van der Waals surface area contributed by atoms with Crippen molar-refractivity contribution in [3.63, 3.8) is 0 Å².